The monoisotopic (exact) mass is 383 g/mol. The summed E-state index contributed by atoms with van der Waals surface area (Å²) in [5, 5.41) is 5.38. The summed E-state index contributed by atoms with van der Waals surface area (Å²) in [5.74, 6) is 0.831. The minimum atomic E-state index is -0.0842. The van der Waals surface area contributed by atoms with E-state index in [0.29, 0.717) is 10.0 Å². The molecule has 0 saturated heterocycles. The number of halogens is 3. The maximum Gasteiger partial charge on any atom is 0.148 e. The lowest BCUT2D eigenvalue weighted by Gasteiger charge is -2.14. The van der Waals surface area contributed by atoms with E-state index in [2.05, 4.69) is 21.2 Å². The SMILES string of the molecule is CNC(c1ccc(Cl)c(Cl)c1)c1cc2cccc(Br)c2o1. The molecule has 2 aromatic carbocycles. The Bertz CT molecular complexity index is 800. The van der Waals surface area contributed by atoms with Gasteiger partial charge in [0.05, 0.1) is 20.6 Å². The van der Waals surface area contributed by atoms with E-state index in [4.69, 9.17) is 27.6 Å². The van der Waals surface area contributed by atoms with Gasteiger partial charge < -0.3 is 9.73 Å². The third kappa shape index (κ3) is 2.84. The van der Waals surface area contributed by atoms with Gasteiger partial charge in [-0.15, -0.1) is 0 Å². The highest BCUT2D eigenvalue weighted by molar-refractivity contribution is 9.10. The molecule has 0 fully saturated rings. The van der Waals surface area contributed by atoms with Crippen LogP contribution in [0.2, 0.25) is 10.0 Å². The van der Waals surface area contributed by atoms with Gasteiger partial charge in [0.2, 0.25) is 0 Å². The van der Waals surface area contributed by atoms with Crippen molar-refractivity contribution in [2.45, 2.75) is 6.04 Å². The van der Waals surface area contributed by atoms with Crippen molar-refractivity contribution in [2.24, 2.45) is 0 Å². The van der Waals surface area contributed by atoms with Crippen molar-refractivity contribution < 1.29 is 4.42 Å². The number of furan rings is 1. The standard InChI is InChI=1S/C16H12BrCl2NO/c1-20-15(9-5-6-12(18)13(19)7-9)14-8-10-3-2-4-11(17)16(10)21-14/h2-8,15,20H,1H3. The zero-order valence-electron chi connectivity index (χ0n) is 11.2. The summed E-state index contributed by atoms with van der Waals surface area (Å²) < 4.78 is 6.93. The Morgan fingerprint density at radius 1 is 1.10 bits per heavy atom. The first-order valence-electron chi connectivity index (χ1n) is 6.40. The van der Waals surface area contributed by atoms with E-state index in [-0.39, 0.29) is 6.04 Å². The second-order valence-corrected chi connectivity index (χ2v) is 6.37. The molecule has 0 radical (unpaired) electrons. The van der Waals surface area contributed by atoms with Crippen LogP contribution in [0.3, 0.4) is 0 Å². The second kappa shape index (κ2) is 6.01. The summed E-state index contributed by atoms with van der Waals surface area (Å²) >= 11 is 15.6. The van der Waals surface area contributed by atoms with Gasteiger partial charge in [-0.25, -0.2) is 0 Å². The summed E-state index contributed by atoms with van der Waals surface area (Å²) in [6.07, 6.45) is 0. The molecule has 0 amide bonds. The molecular weight excluding hydrogens is 373 g/mol. The molecule has 5 heteroatoms. The van der Waals surface area contributed by atoms with E-state index < -0.39 is 0 Å². The fourth-order valence-electron chi connectivity index (χ4n) is 2.35. The Morgan fingerprint density at radius 2 is 1.90 bits per heavy atom. The molecule has 0 spiro atoms. The summed E-state index contributed by atoms with van der Waals surface area (Å²) in [6, 6.07) is 13.5. The van der Waals surface area contributed by atoms with Gasteiger partial charge in [0, 0.05) is 5.39 Å². The number of benzene rings is 2. The second-order valence-electron chi connectivity index (χ2n) is 4.70. The Kier molecular flexibility index (Phi) is 4.27. The smallest absolute Gasteiger partial charge is 0.148 e. The van der Waals surface area contributed by atoms with Gasteiger partial charge in [-0.2, -0.15) is 0 Å². The van der Waals surface area contributed by atoms with Crippen LogP contribution < -0.4 is 5.32 Å². The molecule has 1 aromatic heterocycles. The summed E-state index contributed by atoms with van der Waals surface area (Å²) in [6.45, 7) is 0. The predicted molar refractivity (Wildman–Crippen MR) is 91.3 cm³/mol. The third-order valence-electron chi connectivity index (χ3n) is 3.37. The largest absolute Gasteiger partial charge is 0.458 e. The van der Waals surface area contributed by atoms with Gasteiger partial charge in [0.15, 0.2) is 0 Å². The molecule has 1 unspecified atom stereocenters. The van der Waals surface area contributed by atoms with Crippen molar-refractivity contribution in [3.05, 3.63) is 68.3 Å². The van der Waals surface area contributed by atoms with Crippen molar-refractivity contribution in [2.75, 3.05) is 7.05 Å². The highest BCUT2D eigenvalue weighted by Gasteiger charge is 2.18. The van der Waals surface area contributed by atoms with Crippen LogP contribution in [-0.2, 0) is 0 Å². The van der Waals surface area contributed by atoms with Crippen LogP contribution in [0.4, 0.5) is 0 Å². The molecule has 0 aliphatic rings. The van der Waals surface area contributed by atoms with Crippen LogP contribution in [0.25, 0.3) is 11.0 Å². The zero-order chi connectivity index (χ0) is 15.0. The molecule has 2 nitrogen and oxygen atoms in total. The molecule has 0 bridgehead atoms. The normalized spacial score (nSPS) is 12.8. The van der Waals surface area contributed by atoms with Crippen LogP contribution in [0.1, 0.15) is 17.4 Å². The minimum Gasteiger partial charge on any atom is -0.458 e. The number of rotatable bonds is 3. The zero-order valence-corrected chi connectivity index (χ0v) is 14.3. The molecule has 0 saturated carbocycles. The predicted octanol–water partition coefficient (Wildman–Crippen LogP) is 5.81. The van der Waals surface area contributed by atoms with Gasteiger partial charge in [-0.05, 0) is 52.8 Å². The first-order valence-corrected chi connectivity index (χ1v) is 7.95. The highest BCUT2D eigenvalue weighted by Crippen LogP contribution is 2.33. The Morgan fingerprint density at radius 3 is 2.57 bits per heavy atom. The van der Waals surface area contributed by atoms with Gasteiger partial charge >= 0.3 is 0 Å². The van der Waals surface area contributed by atoms with Crippen molar-refractivity contribution in [1.82, 2.24) is 5.32 Å². The number of hydrogen-bond acceptors (Lipinski definition) is 2. The van der Waals surface area contributed by atoms with E-state index in [1.54, 1.807) is 6.07 Å². The van der Waals surface area contributed by atoms with Crippen molar-refractivity contribution in [1.29, 1.82) is 0 Å². The Hall–Kier alpha value is -1.00. The molecule has 0 aliphatic carbocycles. The van der Waals surface area contributed by atoms with Crippen LogP contribution in [-0.4, -0.2) is 7.05 Å². The summed E-state index contributed by atoms with van der Waals surface area (Å²) in [5.41, 5.74) is 1.84. The number of para-hydroxylation sites is 1. The maximum absolute atomic E-state index is 6.11. The molecule has 3 rings (SSSR count). The molecule has 1 atom stereocenters. The molecule has 1 heterocycles. The Labute approximate surface area is 141 Å². The topological polar surface area (TPSA) is 25.2 Å². The van der Waals surface area contributed by atoms with Gasteiger partial charge in [0.1, 0.15) is 11.3 Å². The van der Waals surface area contributed by atoms with Crippen LogP contribution in [0, 0.1) is 0 Å². The average Bonchev–Trinajstić information content (AvgIpc) is 2.89. The fourth-order valence-corrected chi connectivity index (χ4v) is 3.12. The quantitative estimate of drug-likeness (QED) is 0.616. The molecule has 1 N–H and O–H groups in total. The third-order valence-corrected chi connectivity index (χ3v) is 4.73. The van der Waals surface area contributed by atoms with Crippen LogP contribution in [0.15, 0.2) is 51.4 Å². The molecule has 3 aromatic rings. The Balaban J connectivity index is 2.09. The first-order chi connectivity index (χ1) is 10.1. The van der Waals surface area contributed by atoms with E-state index in [1.165, 1.54) is 0 Å². The molecule has 108 valence electrons. The molecule has 0 aliphatic heterocycles. The lowest BCUT2D eigenvalue weighted by molar-refractivity contribution is 0.491. The fraction of sp³-hybridized carbons (Fsp3) is 0.125. The van der Waals surface area contributed by atoms with E-state index in [1.807, 2.05) is 43.4 Å². The van der Waals surface area contributed by atoms with Gasteiger partial charge in [-0.3, -0.25) is 0 Å². The highest BCUT2D eigenvalue weighted by atomic mass is 79.9. The molecule has 21 heavy (non-hydrogen) atoms. The minimum absolute atomic E-state index is 0.0842. The van der Waals surface area contributed by atoms with Gasteiger partial charge in [0.25, 0.3) is 0 Å². The number of fused-ring (bicyclic) bond motifs is 1. The van der Waals surface area contributed by atoms with Crippen molar-refractivity contribution in [3.63, 3.8) is 0 Å². The van der Waals surface area contributed by atoms with E-state index >= 15 is 0 Å². The average molecular weight is 385 g/mol. The van der Waals surface area contributed by atoms with Crippen molar-refractivity contribution >= 4 is 50.1 Å². The first kappa shape index (κ1) is 14.9. The number of nitrogens with one attached hydrogen (secondary N) is 1. The lowest BCUT2D eigenvalue weighted by atomic mass is 10.0. The summed E-state index contributed by atoms with van der Waals surface area (Å²) in [7, 11) is 1.88. The van der Waals surface area contributed by atoms with Crippen molar-refractivity contribution in [3.8, 4) is 0 Å². The summed E-state index contributed by atoms with van der Waals surface area (Å²) in [4.78, 5) is 0. The molecular formula is C16H12BrCl2NO. The lowest BCUT2D eigenvalue weighted by Crippen LogP contribution is -2.16. The van der Waals surface area contributed by atoms with Gasteiger partial charge in [-0.1, -0.05) is 41.4 Å². The van der Waals surface area contributed by atoms with Crippen LogP contribution in [0.5, 0.6) is 0 Å². The van der Waals surface area contributed by atoms with E-state index in [0.717, 1.165) is 26.8 Å². The maximum atomic E-state index is 6.11. The van der Waals surface area contributed by atoms with E-state index in [9.17, 15) is 0 Å². The number of hydrogen-bond donors (Lipinski definition) is 1. The van der Waals surface area contributed by atoms with Crippen LogP contribution >= 0.6 is 39.1 Å².